The normalized spacial score (nSPS) is 17.6. The monoisotopic (exact) mass is 407 g/mol. The summed E-state index contributed by atoms with van der Waals surface area (Å²) in [5.74, 6) is 0.0138. The minimum absolute atomic E-state index is 0.0422. The number of rotatable bonds is 8. The number of carbonyl (C=O) groups is 3. The number of methoxy groups -OCH3 is 1. The van der Waals surface area contributed by atoms with Crippen molar-refractivity contribution in [3.63, 3.8) is 0 Å². The lowest BCUT2D eigenvalue weighted by atomic mass is 10.1. The van der Waals surface area contributed by atoms with Crippen molar-refractivity contribution in [1.82, 2.24) is 4.90 Å². The number of amides is 2. The molecule has 1 fully saturated rings. The number of hydrogen-bond acceptors (Lipinski definition) is 7. The van der Waals surface area contributed by atoms with Gasteiger partial charge in [-0.2, -0.15) is 0 Å². The minimum Gasteiger partial charge on any atom is -0.493 e. The molecule has 0 spiro atoms. The van der Waals surface area contributed by atoms with E-state index in [0.717, 1.165) is 23.1 Å². The second kappa shape index (κ2) is 9.64. The van der Waals surface area contributed by atoms with Gasteiger partial charge in [-0.15, -0.1) is 0 Å². The van der Waals surface area contributed by atoms with E-state index in [1.807, 2.05) is 13.8 Å². The molecule has 0 aromatic heterocycles. The zero-order chi connectivity index (χ0) is 20.8. The van der Waals surface area contributed by atoms with Gasteiger partial charge >= 0.3 is 5.97 Å². The lowest BCUT2D eigenvalue weighted by molar-refractivity contribution is -0.150. The minimum atomic E-state index is -0.973. The molecule has 1 aliphatic heterocycles. The molecule has 28 heavy (non-hydrogen) atoms. The van der Waals surface area contributed by atoms with Crippen LogP contribution in [0.15, 0.2) is 23.1 Å². The summed E-state index contributed by atoms with van der Waals surface area (Å²) in [6.07, 6.45) is 2.50. The van der Waals surface area contributed by atoms with Crippen molar-refractivity contribution in [3.8, 4) is 11.5 Å². The number of thioether (sulfide) groups is 1. The summed E-state index contributed by atoms with van der Waals surface area (Å²) in [5, 5.41) is -0.500. The molecule has 152 valence electrons. The second-order valence-corrected chi connectivity index (χ2v) is 7.22. The van der Waals surface area contributed by atoms with Crippen LogP contribution in [0.25, 0.3) is 6.08 Å². The van der Waals surface area contributed by atoms with Crippen LogP contribution in [0.3, 0.4) is 0 Å². The Morgan fingerprint density at radius 3 is 2.54 bits per heavy atom. The molecule has 0 aliphatic carbocycles. The number of benzene rings is 1. The van der Waals surface area contributed by atoms with Gasteiger partial charge in [0, 0.05) is 0 Å². The molecule has 0 saturated carbocycles. The molecular formula is C20H25NO6S. The Bertz CT molecular complexity index is 791. The fourth-order valence-corrected chi connectivity index (χ4v) is 3.41. The number of esters is 1. The van der Waals surface area contributed by atoms with Gasteiger partial charge in [-0.25, -0.2) is 4.79 Å². The van der Waals surface area contributed by atoms with Gasteiger partial charge in [-0.05, 0) is 62.7 Å². The summed E-state index contributed by atoms with van der Waals surface area (Å²) in [6, 6.07) is 4.31. The Kier molecular flexibility index (Phi) is 7.51. The highest BCUT2D eigenvalue weighted by atomic mass is 32.2. The summed E-state index contributed by atoms with van der Waals surface area (Å²) < 4.78 is 16.1. The molecule has 2 atom stereocenters. The second-order valence-electron chi connectivity index (χ2n) is 6.23. The van der Waals surface area contributed by atoms with E-state index in [-0.39, 0.29) is 17.6 Å². The van der Waals surface area contributed by atoms with E-state index in [2.05, 4.69) is 0 Å². The average molecular weight is 407 g/mol. The molecular weight excluding hydrogens is 382 g/mol. The van der Waals surface area contributed by atoms with Gasteiger partial charge < -0.3 is 14.2 Å². The van der Waals surface area contributed by atoms with E-state index in [4.69, 9.17) is 14.2 Å². The van der Waals surface area contributed by atoms with Crippen LogP contribution in [0, 0.1) is 0 Å². The number of hydrogen-bond donors (Lipinski definition) is 0. The fraction of sp³-hybridized carbons (Fsp3) is 0.450. The third kappa shape index (κ3) is 4.86. The first-order chi connectivity index (χ1) is 13.3. The molecule has 0 unspecified atom stereocenters. The third-order valence-electron chi connectivity index (χ3n) is 4.23. The maximum absolute atomic E-state index is 12.6. The maximum atomic E-state index is 12.6. The van der Waals surface area contributed by atoms with Gasteiger partial charge in [-0.3, -0.25) is 14.5 Å². The number of imide groups is 1. The van der Waals surface area contributed by atoms with Crippen molar-refractivity contribution >= 4 is 35.0 Å². The molecule has 0 N–H and O–H groups in total. The Labute approximate surface area is 169 Å². The van der Waals surface area contributed by atoms with Gasteiger partial charge in [0.05, 0.1) is 24.7 Å². The third-order valence-corrected chi connectivity index (χ3v) is 5.11. The van der Waals surface area contributed by atoms with E-state index in [9.17, 15) is 14.4 Å². The first kappa shape index (κ1) is 21.8. The largest absolute Gasteiger partial charge is 0.493 e. The SMILES string of the molecule is CCOC(=O)[C@@H](C)N1C(=O)S/C(=C/c2ccc(O[C@H](C)CC)c(OC)c2)C1=O. The predicted octanol–water partition coefficient (Wildman–Crippen LogP) is 3.86. The first-order valence-corrected chi connectivity index (χ1v) is 9.92. The van der Waals surface area contributed by atoms with Crippen molar-refractivity contribution in [1.29, 1.82) is 0 Å². The zero-order valence-corrected chi connectivity index (χ0v) is 17.5. The van der Waals surface area contributed by atoms with Gasteiger partial charge in [0.1, 0.15) is 6.04 Å². The Morgan fingerprint density at radius 1 is 1.21 bits per heavy atom. The van der Waals surface area contributed by atoms with E-state index in [1.165, 1.54) is 14.0 Å². The summed E-state index contributed by atoms with van der Waals surface area (Å²) in [4.78, 5) is 37.9. The molecule has 1 saturated heterocycles. The van der Waals surface area contributed by atoms with Gasteiger partial charge in [0.25, 0.3) is 11.1 Å². The van der Waals surface area contributed by atoms with Crippen LogP contribution in [0.2, 0.25) is 0 Å². The lowest BCUT2D eigenvalue weighted by Gasteiger charge is -2.19. The van der Waals surface area contributed by atoms with Gasteiger partial charge in [0.15, 0.2) is 11.5 Å². The highest BCUT2D eigenvalue weighted by Gasteiger charge is 2.41. The van der Waals surface area contributed by atoms with E-state index >= 15 is 0 Å². The Hall–Kier alpha value is -2.48. The highest BCUT2D eigenvalue weighted by molar-refractivity contribution is 8.18. The van der Waals surface area contributed by atoms with Crippen molar-refractivity contribution < 1.29 is 28.6 Å². The fourth-order valence-electron chi connectivity index (χ4n) is 2.50. The lowest BCUT2D eigenvalue weighted by Crippen LogP contribution is -2.42. The van der Waals surface area contributed by atoms with Crippen molar-refractivity contribution in [2.24, 2.45) is 0 Å². The van der Waals surface area contributed by atoms with Crippen LogP contribution in [0.5, 0.6) is 11.5 Å². The van der Waals surface area contributed by atoms with Crippen LogP contribution >= 0.6 is 11.8 Å². The van der Waals surface area contributed by atoms with Crippen LogP contribution in [-0.4, -0.2) is 47.9 Å². The van der Waals surface area contributed by atoms with Crippen LogP contribution in [-0.2, 0) is 14.3 Å². The number of carbonyl (C=O) groups excluding carboxylic acids is 3. The van der Waals surface area contributed by atoms with Gasteiger partial charge in [0.2, 0.25) is 0 Å². The van der Waals surface area contributed by atoms with Crippen LogP contribution in [0.4, 0.5) is 4.79 Å². The number of ether oxygens (including phenoxy) is 3. The maximum Gasteiger partial charge on any atom is 0.329 e. The molecule has 8 heteroatoms. The Balaban J connectivity index is 2.24. The summed E-state index contributed by atoms with van der Waals surface area (Å²) >= 11 is 0.791. The average Bonchev–Trinajstić information content (AvgIpc) is 2.95. The van der Waals surface area contributed by atoms with Crippen LogP contribution in [0.1, 0.15) is 39.7 Å². The van der Waals surface area contributed by atoms with Crippen molar-refractivity contribution in [2.75, 3.05) is 13.7 Å². The topological polar surface area (TPSA) is 82.1 Å². The predicted molar refractivity (Wildman–Crippen MR) is 107 cm³/mol. The molecule has 1 aromatic carbocycles. The molecule has 1 aromatic rings. The molecule has 0 bridgehead atoms. The molecule has 2 amide bonds. The first-order valence-electron chi connectivity index (χ1n) is 9.10. The molecule has 1 aliphatic rings. The molecule has 0 radical (unpaired) electrons. The van der Waals surface area contributed by atoms with Gasteiger partial charge in [-0.1, -0.05) is 13.0 Å². The zero-order valence-electron chi connectivity index (χ0n) is 16.7. The van der Waals surface area contributed by atoms with Crippen molar-refractivity contribution in [2.45, 2.75) is 46.3 Å². The molecule has 2 rings (SSSR count). The standard InChI is InChI=1S/C20H25NO6S/c1-6-12(3)27-15-9-8-14(10-16(15)25-5)11-17-18(22)21(20(24)28-17)13(4)19(23)26-7-2/h8-13H,6-7H2,1-5H3/b17-11+/t12-,13-/m1/s1. The summed E-state index contributed by atoms with van der Waals surface area (Å²) in [5.41, 5.74) is 0.683. The quantitative estimate of drug-likeness (QED) is 0.478. The molecule has 1 heterocycles. The summed E-state index contributed by atoms with van der Waals surface area (Å²) in [6.45, 7) is 7.31. The molecule has 7 nitrogen and oxygen atoms in total. The summed E-state index contributed by atoms with van der Waals surface area (Å²) in [7, 11) is 1.54. The number of nitrogens with zero attached hydrogens (tertiary/aromatic N) is 1. The van der Waals surface area contributed by atoms with Crippen LogP contribution < -0.4 is 9.47 Å². The van der Waals surface area contributed by atoms with E-state index in [1.54, 1.807) is 31.2 Å². The van der Waals surface area contributed by atoms with E-state index < -0.39 is 23.2 Å². The van der Waals surface area contributed by atoms with E-state index in [0.29, 0.717) is 17.1 Å². The van der Waals surface area contributed by atoms with Crippen molar-refractivity contribution in [3.05, 3.63) is 28.7 Å². The smallest absolute Gasteiger partial charge is 0.329 e. The highest BCUT2D eigenvalue weighted by Crippen LogP contribution is 2.36. The Morgan fingerprint density at radius 2 is 1.93 bits per heavy atom.